The van der Waals surface area contributed by atoms with Crippen LogP contribution in [0.25, 0.3) is 0 Å². The van der Waals surface area contributed by atoms with Gasteiger partial charge in [-0.05, 0) is 69.9 Å². The molecule has 31 heavy (non-hydrogen) atoms. The number of nitrogens with one attached hydrogen (secondary N) is 1. The fraction of sp³-hybridized carbons (Fsp3) is 1.00. The largest absolute Gasteiger partial charge is 0.378 e. The van der Waals surface area contributed by atoms with Gasteiger partial charge in [0.25, 0.3) is 0 Å². The molecule has 1 heterocycles. The molecule has 2 fully saturated rings. The normalized spacial score (nSPS) is 23.9. The van der Waals surface area contributed by atoms with Crippen LogP contribution in [-0.2, 0) is 4.74 Å². The fourth-order valence-electron chi connectivity index (χ4n) is 5.46. The van der Waals surface area contributed by atoms with Crippen LogP contribution in [0.4, 0.5) is 0 Å². The summed E-state index contributed by atoms with van der Waals surface area (Å²) in [6.45, 7) is 14.3. The summed E-state index contributed by atoms with van der Waals surface area (Å²) < 4.78 is 6.34. The average Bonchev–Trinajstić information content (AvgIpc) is 2.74. The number of hydrogen-bond donors (Lipinski definition) is 1. The summed E-state index contributed by atoms with van der Waals surface area (Å²) in [5.41, 5.74) is 0. The molecule has 1 N–H and O–H groups in total. The predicted octanol–water partition coefficient (Wildman–Crippen LogP) is 7.19. The minimum absolute atomic E-state index is 0.525. The summed E-state index contributed by atoms with van der Waals surface area (Å²) in [4.78, 5) is 2.71. The molecule has 0 spiro atoms. The molecular weight excluding hydrogens is 380 g/mol. The maximum absolute atomic E-state index is 6.34. The van der Waals surface area contributed by atoms with Crippen molar-refractivity contribution in [3.05, 3.63) is 0 Å². The number of unbranched alkanes of at least 4 members (excludes halogenated alkanes) is 5. The Balaban J connectivity index is 1.54. The lowest BCUT2D eigenvalue weighted by atomic mass is 9.87. The van der Waals surface area contributed by atoms with Gasteiger partial charge in [-0.15, -0.1) is 0 Å². The van der Waals surface area contributed by atoms with Crippen molar-refractivity contribution in [2.24, 2.45) is 11.8 Å². The van der Waals surface area contributed by atoms with Gasteiger partial charge in [0, 0.05) is 25.2 Å². The summed E-state index contributed by atoms with van der Waals surface area (Å²) in [7, 11) is 0. The van der Waals surface area contributed by atoms with E-state index in [0.29, 0.717) is 12.1 Å². The highest BCUT2D eigenvalue weighted by Crippen LogP contribution is 2.27. The minimum Gasteiger partial charge on any atom is -0.378 e. The number of hydrogen-bond acceptors (Lipinski definition) is 3. The smallest absolute Gasteiger partial charge is 0.0605 e. The quantitative estimate of drug-likeness (QED) is 0.230. The second-order valence-electron chi connectivity index (χ2n) is 11.0. The molecular formula is C28H56N2O. The van der Waals surface area contributed by atoms with Crippen LogP contribution in [0, 0.1) is 11.8 Å². The molecule has 1 aliphatic carbocycles. The first-order chi connectivity index (χ1) is 15.1. The Morgan fingerprint density at radius 1 is 0.839 bits per heavy atom. The van der Waals surface area contributed by atoms with Gasteiger partial charge in [-0.3, -0.25) is 0 Å². The Bertz CT molecular complexity index is 405. The SMILES string of the molecule is CCCCCC(CCCCC)NC1CC(OCC2CCN(CC(C)CCCC)CC2)C1. The summed E-state index contributed by atoms with van der Waals surface area (Å²) in [5.74, 6) is 1.66. The van der Waals surface area contributed by atoms with Gasteiger partial charge in [-0.2, -0.15) is 0 Å². The van der Waals surface area contributed by atoms with Gasteiger partial charge in [-0.25, -0.2) is 0 Å². The first kappa shape index (κ1) is 27.1. The fourth-order valence-corrected chi connectivity index (χ4v) is 5.46. The molecule has 0 bridgehead atoms. The maximum atomic E-state index is 6.34. The van der Waals surface area contributed by atoms with Gasteiger partial charge < -0.3 is 15.0 Å². The number of piperidine rings is 1. The van der Waals surface area contributed by atoms with E-state index in [4.69, 9.17) is 4.74 Å². The molecule has 0 aromatic rings. The molecule has 2 rings (SSSR count). The van der Waals surface area contributed by atoms with Crippen LogP contribution in [-0.4, -0.2) is 49.3 Å². The Kier molecular flexibility index (Phi) is 14.4. The summed E-state index contributed by atoms with van der Waals surface area (Å²) >= 11 is 0. The van der Waals surface area contributed by atoms with E-state index < -0.39 is 0 Å². The lowest BCUT2D eigenvalue weighted by molar-refractivity contribution is -0.0429. The molecule has 1 saturated carbocycles. The number of rotatable bonds is 18. The highest BCUT2D eigenvalue weighted by molar-refractivity contribution is 4.89. The van der Waals surface area contributed by atoms with E-state index in [0.717, 1.165) is 24.5 Å². The van der Waals surface area contributed by atoms with Gasteiger partial charge in [0.1, 0.15) is 0 Å². The van der Waals surface area contributed by atoms with Crippen molar-refractivity contribution < 1.29 is 4.74 Å². The van der Waals surface area contributed by atoms with Crippen molar-refractivity contribution in [2.75, 3.05) is 26.2 Å². The zero-order valence-electron chi connectivity index (χ0n) is 21.7. The molecule has 3 nitrogen and oxygen atoms in total. The third kappa shape index (κ3) is 11.5. The molecule has 1 unspecified atom stereocenters. The van der Waals surface area contributed by atoms with E-state index in [1.165, 1.54) is 116 Å². The number of nitrogens with zero attached hydrogens (tertiary/aromatic N) is 1. The van der Waals surface area contributed by atoms with Crippen molar-refractivity contribution in [2.45, 2.75) is 142 Å². The van der Waals surface area contributed by atoms with E-state index in [2.05, 4.69) is 37.9 Å². The topological polar surface area (TPSA) is 24.5 Å². The molecule has 2 aliphatic rings. The maximum Gasteiger partial charge on any atom is 0.0605 e. The molecule has 1 saturated heterocycles. The molecule has 0 radical (unpaired) electrons. The van der Waals surface area contributed by atoms with Crippen LogP contribution in [0.1, 0.15) is 124 Å². The lowest BCUT2D eigenvalue weighted by Crippen LogP contribution is -2.50. The third-order valence-electron chi connectivity index (χ3n) is 7.77. The highest BCUT2D eigenvalue weighted by atomic mass is 16.5. The Hall–Kier alpha value is -0.120. The first-order valence-corrected chi connectivity index (χ1v) is 14.2. The van der Waals surface area contributed by atoms with Crippen LogP contribution in [0.5, 0.6) is 0 Å². The zero-order chi connectivity index (χ0) is 22.3. The summed E-state index contributed by atoms with van der Waals surface area (Å²) in [5, 5.41) is 3.99. The zero-order valence-corrected chi connectivity index (χ0v) is 21.7. The van der Waals surface area contributed by atoms with Crippen molar-refractivity contribution >= 4 is 0 Å². The monoisotopic (exact) mass is 436 g/mol. The van der Waals surface area contributed by atoms with Crippen molar-refractivity contribution in [3.63, 3.8) is 0 Å². The third-order valence-corrected chi connectivity index (χ3v) is 7.77. The molecule has 0 aromatic heterocycles. The van der Waals surface area contributed by atoms with E-state index in [1.807, 2.05) is 0 Å². The standard InChI is InChI=1S/C28H56N2O/c1-5-8-11-14-26(15-12-9-6-2)29-27-20-28(21-27)31-23-25-16-18-30(19-17-25)22-24(4)13-10-7-3/h24-29H,5-23H2,1-4H3. The second-order valence-corrected chi connectivity index (χ2v) is 11.0. The summed E-state index contributed by atoms with van der Waals surface area (Å²) in [6, 6.07) is 1.46. The number of likely N-dealkylation sites (tertiary alicyclic amines) is 1. The summed E-state index contributed by atoms with van der Waals surface area (Å²) in [6.07, 6.45) is 20.8. The Labute approximate surface area is 195 Å². The molecule has 0 amide bonds. The van der Waals surface area contributed by atoms with Gasteiger partial charge in [0.15, 0.2) is 0 Å². The van der Waals surface area contributed by atoms with Crippen molar-refractivity contribution in [3.8, 4) is 0 Å². The van der Waals surface area contributed by atoms with E-state index in [1.54, 1.807) is 0 Å². The lowest BCUT2D eigenvalue weighted by Gasteiger charge is -2.40. The van der Waals surface area contributed by atoms with E-state index in [9.17, 15) is 0 Å². The Morgan fingerprint density at radius 3 is 2.03 bits per heavy atom. The average molecular weight is 437 g/mol. The molecule has 184 valence electrons. The molecule has 1 atom stereocenters. The van der Waals surface area contributed by atoms with Crippen LogP contribution in [0.15, 0.2) is 0 Å². The molecule has 3 heteroatoms. The second kappa shape index (κ2) is 16.5. The number of ether oxygens (including phenoxy) is 1. The van der Waals surface area contributed by atoms with Crippen LogP contribution >= 0.6 is 0 Å². The predicted molar refractivity (Wildman–Crippen MR) is 136 cm³/mol. The van der Waals surface area contributed by atoms with Crippen LogP contribution in [0.2, 0.25) is 0 Å². The van der Waals surface area contributed by atoms with Gasteiger partial charge in [0.2, 0.25) is 0 Å². The van der Waals surface area contributed by atoms with E-state index in [-0.39, 0.29) is 0 Å². The Morgan fingerprint density at radius 2 is 1.45 bits per heavy atom. The van der Waals surface area contributed by atoms with Crippen molar-refractivity contribution in [1.82, 2.24) is 10.2 Å². The van der Waals surface area contributed by atoms with Crippen LogP contribution < -0.4 is 5.32 Å². The molecule has 0 aromatic carbocycles. The molecule has 1 aliphatic heterocycles. The van der Waals surface area contributed by atoms with Gasteiger partial charge >= 0.3 is 0 Å². The van der Waals surface area contributed by atoms with Crippen LogP contribution in [0.3, 0.4) is 0 Å². The van der Waals surface area contributed by atoms with Gasteiger partial charge in [0.05, 0.1) is 6.10 Å². The minimum atomic E-state index is 0.525. The van der Waals surface area contributed by atoms with Crippen molar-refractivity contribution in [1.29, 1.82) is 0 Å². The van der Waals surface area contributed by atoms with E-state index >= 15 is 0 Å². The highest BCUT2D eigenvalue weighted by Gasteiger charge is 2.32. The first-order valence-electron chi connectivity index (χ1n) is 14.2. The van der Waals surface area contributed by atoms with Gasteiger partial charge in [-0.1, -0.05) is 79.1 Å².